The number of aryl methyl sites for hydroxylation is 1. The molecule has 0 amide bonds. The maximum atomic E-state index is 6.57. The third-order valence-electron chi connectivity index (χ3n) is 11.5. The van der Waals surface area contributed by atoms with Gasteiger partial charge in [0.25, 0.3) is 0 Å². The van der Waals surface area contributed by atoms with E-state index in [1.165, 1.54) is 60.8 Å². The first-order valence-corrected chi connectivity index (χ1v) is 17.4. The summed E-state index contributed by atoms with van der Waals surface area (Å²) < 4.78 is 6.57. The Kier molecular flexibility index (Phi) is 5.65. The second kappa shape index (κ2) is 9.74. The third-order valence-corrected chi connectivity index (χ3v) is 11.5. The first-order chi connectivity index (χ1) is 23.7. The number of nitrogens with zero attached hydrogens (tertiary/aromatic N) is 1. The Hall–Kier alpha value is -5.60. The van der Waals surface area contributed by atoms with Crippen LogP contribution in [0.25, 0.3) is 55.0 Å². The fraction of sp³-hybridized carbons (Fsp3) is 0.149. The van der Waals surface area contributed by atoms with Crippen molar-refractivity contribution in [2.24, 2.45) is 0 Å². The van der Waals surface area contributed by atoms with E-state index < -0.39 is 0 Å². The smallest absolute Gasteiger partial charge is 0.159 e. The fourth-order valence-corrected chi connectivity index (χ4v) is 9.01. The fourth-order valence-electron chi connectivity index (χ4n) is 9.01. The van der Waals surface area contributed by atoms with Gasteiger partial charge in [-0.05, 0) is 111 Å². The van der Waals surface area contributed by atoms with Crippen LogP contribution in [0.2, 0.25) is 0 Å². The van der Waals surface area contributed by atoms with Crippen LogP contribution in [0.3, 0.4) is 0 Å². The molecule has 1 heterocycles. The summed E-state index contributed by atoms with van der Waals surface area (Å²) in [6.45, 7) is 11.7. The van der Waals surface area contributed by atoms with E-state index in [4.69, 9.17) is 4.42 Å². The Labute approximate surface area is 287 Å². The van der Waals surface area contributed by atoms with Crippen LogP contribution in [-0.4, -0.2) is 0 Å². The predicted molar refractivity (Wildman–Crippen MR) is 206 cm³/mol. The van der Waals surface area contributed by atoms with Gasteiger partial charge >= 0.3 is 0 Å². The molecule has 2 nitrogen and oxygen atoms in total. The second-order valence-electron chi connectivity index (χ2n) is 15.1. The van der Waals surface area contributed by atoms with Gasteiger partial charge in [-0.15, -0.1) is 0 Å². The maximum absolute atomic E-state index is 6.57. The molecule has 236 valence electrons. The zero-order valence-corrected chi connectivity index (χ0v) is 28.6. The van der Waals surface area contributed by atoms with Crippen LogP contribution in [0, 0.1) is 6.92 Å². The lowest BCUT2D eigenvalue weighted by Gasteiger charge is -2.27. The SMILES string of the molecule is Cc1ccc(N(c2ccc3c4c(ccc3c2)-c2cc3c(cc2C4(C)C)-c2ccccc2C3(C)C)c2cccc3c2oc2ccccc23)cc1. The van der Waals surface area contributed by atoms with E-state index in [9.17, 15) is 0 Å². The number of furan rings is 1. The number of rotatable bonds is 3. The molecule has 0 saturated carbocycles. The largest absolute Gasteiger partial charge is 0.454 e. The molecule has 0 fully saturated rings. The van der Waals surface area contributed by atoms with Crippen molar-refractivity contribution in [3.05, 3.63) is 161 Å². The van der Waals surface area contributed by atoms with Gasteiger partial charge in [0.05, 0.1) is 5.69 Å². The molecule has 0 bridgehead atoms. The molecular formula is C47H37NO. The van der Waals surface area contributed by atoms with E-state index in [1.807, 2.05) is 6.07 Å². The summed E-state index contributed by atoms with van der Waals surface area (Å²) in [5, 5.41) is 4.82. The Balaban J connectivity index is 1.16. The highest BCUT2D eigenvalue weighted by atomic mass is 16.3. The van der Waals surface area contributed by atoms with Crippen LogP contribution in [0.1, 0.15) is 55.5 Å². The van der Waals surface area contributed by atoms with Gasteiger partial charge in [0, 0.05) is 33.0 Å². The van der Waals surface area contributed by atoms with Gasteiger partial charge in [-0.1, -0.05) is 118 Å². The molecule has 2 aliphatic rings. The van der Waals surface area contributed by atoms with Crippen molar-refractivity contribution in [1.82, 2.24) is 0 Å². The Morgan fingerprint density at radius 3 is 2.02 bits per heavy atom. The average Bonchev–Trinajstić information content (AvgIpc) is 3.69. The normalized spacial score (nSPS) is 15.0. The molecule has 0 N–H and O–H groups in total. The molecular weight excluding hydrogens is 595 g/mol. The van der Waals surface area contributed by atoms with Gasteiger partial charge in [-0.2, -0.15) is 0 Å². The van der Waals surface area contributed by atoms with Gasteiger partial charge in [0.15, 0.2) is 5.58 Å². The van der Waals surface area contributed by atoms with Crippen molar-refractivity contribution in [3.8, 4) is 22.3 Å². The molecule has 1 aromatic heterocycles. The molecule has 10 rings (SSSR count). The quantitative estimate of drug-likeness (QED) is 0.193. The van der Waals surface area contributed by atoms with Crippen molar-refractivity contribution in [1.29, 1.82) is 0 Å². The van der Waals surface area contributed by atoms with E-state index in [1.54, 1.807) is 0 Å². The highest BCUT2D eigenvalue weighted by Gasteiger charge is 2.42. The van der Waals surface area contributed by atoms with Gasteiger partial charge in [0.2, 0.25) is 0 Å². The van der Waals surface area contributed by atoms with Gasteiger partial charge in [-0.25, -0.2) is 0 Å². The summed E-state index contributed by atoms with van der Waals surface area (Å²) in [5.74, 6) is 0. The second-order valence-corrected chi connectivity index (χ2v) is 15.1. The van der Waals surface area contributed by atoms with Crippen LogP contribution in [-0.2, 0) is 10.8 Å². The predicted octanol–water partition coefficient (Wildman–Crippen LogP) is 13.1. The lowest BCUT2D eigenvalue weighted by molar-refractivity contribution is 0.654. The van der Waals surface area contributed by atoms with Crippen molar-refractivity contribution in [3.63, 3.8) is 0 Å². The number of fused-ring (bicyclic) bond motifs is 11. The molecule has 8 aromatic rings. The summed E-state index contributed by atoms with van der Waals surface area (Å²) in [6.07, 6.45) is 0. The lowest BCUT2D eigenvalue weighted by Crippen LogP contribution is -2.17. The molecule has 0 aliphatic heterocycles. The van der Waals surface area contributed by atoms with Crippen molar-refractivity contribution < 1.29 is 4.42 Å². The number of hydrogen-bond donors (Lipinski definition) is 0. The molecule has 2 aliphatic carbocycles. The molecule has 0 saturated heterocycles. The number of anilines is 3. The molecule has 0 unspecified atom stereocenters. The third kappa shape index (κ3) is 3.83. The summed E-state index contributed by atoms with van der Waals surface area (Å²) in [7, 11) is 0. The minimum atomic E-state index is -0.140. The molecule has 2 heteroatoms. The van der Waals surface area contributed by atoms with Gasteiger partial charge in [-0.3, -0.25) is 0 Å². The van der Waals surface area contributed by atoms with Crippen LogP contribution in [0.15, 0.2) is 138 Å². The molecule has 0 radical (unpaired) electrons. The Bertz CT molecular complexity index is 2670. The lowest BCUT2D eigenvalue weighted by atomic mass is 9.78. The highest BCUT2D eigenvalue weighted by molar-refractivity contribution is 6.10. The van der Waals surface area contributed by atoms with Gasteiger partial charge < -0.3 is 9.32 Å². The van der Waals surface area contributed by atoms with E-state index >= 15 is 0 Å². The zero-order chi connectivity index (χ0) is 33.2. The van der Waals surface area contributed by atoms with E-state index in [0.29, 0.717) is 0 Å². The van der Waals surface area contributed by atoms with E-state index in [2.05, 4.69) is 167 Å². The van der Waals surface area contributed by atoms with Crippen LogP contribution < -0.4 is 4.90 Å². The zero-order valence-electron chi connectivity index (χ0n) is 28.6. The standard InChI is InChI=1S/C47H37NO/c1-28-17-20-30(21-18-28)48(42-15-10-13-36-34-12-7-9-16-43(34)49-45(36)42)31-22-24-32-29(25-31)19-23-35-38-27-40-37(26-41(38)47(4,5)44(32)35)33-11-6-8-14-39(33)46(40,2)3/h6-27H,1-5H3. The topological polar surface area (TPSA) is 16.4 Å². The van der Waals surface area contributed by atoms with Crippen LogP contribution in [0.4, 0.5) is 17.1 Å². The van der Waals surface area contributed by atoms with Crippen molar-refractivity contribution in [2.75, 3.05) is 4.90 Å². The number of benzene rings is 7. The molecule has 0 spiro atoms. The van der Waals surface area contributed by atoms with E-state index in [0.717, 1.165) is 39.0 Å². The van der Waals surface area contributed by atoms with Crippen LogP contribution in [0.5, 0.6) is 0 Å². The first-order valence-electron chi connectivity index (χ1n) is 17.4. The highest BCUT2D eigenvalue weighted by Crippen LogP contribution is 2.57. The summed E-state index contributed by atoms with van der Waals surface area (Å²) in [6, 6.07) is 49.3. The molecule has 0 atom stereocenters. The Morgan fingerprint density at radius 1 is 0.490 bits per heavy atom. The minimum absolute atomic E-state index is 0.0261. The maximum Gasteiger partial charge on any atom is 0.159 e. The van der Waals surface area contributed by atoms with Crippen molar-refractivity contribution >= 4 is 49.8 Å². The summed E-state index contributed by atoms with van der Waals surface area (Å²) >= 11 is 0. The summed E-state index contributed by atoms with van der Waals surface area (Å²) in [4.78, 5) is 2.35. The number of hydrogen-bond acceptors (Lipinski definition) is 2. The van der Waals surface area contributed by atoms with Crippen molar-refractivity contribution in [2.45, 2.75) is 45.4 Å². The average molecular weight is 632 g/mol. The van der Waals surface area contributed by atoms with E-state index in [-0.39, 0.29) is 10.8 Å². The summed E-state index contributed by atoms with van der Waals surface area (Å²) in [5.41, 5.74) is 17.3. The van der Waals surface area contributed by atoms with Crippen LogP contribution >= 0.6 is 0 Å². The van der Waals surface area contributed by atoms with Gasteiger partial charge in [0.1, 0.15) is 5.58 Å². The minimum Gasteiger partial charge on any atom is -0.454 e. The number of para-hydroxylation sites is 2. The molecule has 49 heavy (non-hydrogen) atoms. The first kappa shape index (κ1) is 28.4. The molecule has 7 aromatic carbocycles. The Morgan fingerprint density at radius 2 is 1.18 bits per heavy atom. The monoisotopic (exact) mass is 631 g/mol.